The lowest BCUT2D eigenvalue weighted by atomic mass is 10.0. The Morgan fingerprint density at radius 2 is 2.00 bits per heavy atom. The van der Waals surface area contributed by atoms with Crippen molar-refractivity contribution in [1.82, 2.24) is 15.1 Å². The fraction of sp³-hybridized carbons (Fsp3) is 0.357. The van der Waals surface area contributed by atoms with Gasteiger partial charge in [-0.1, -0.05) is 23.7 Å². The van der Waals surface area contributed by atoms with Crippen molar-refractivity contribution in [3.05, 3.63) is 46.7 Å². The normalized spacial score (nSPS) is 12.7. The number of nitrogens with zero attached hydrogens (tertiary/aromatic N) is 2. The van der Waals surface area contributed by atoms with E-state index in [1.807, 2.05) is 6.92 Å². The van der Waals surface area contributed by atoms with Crippen LogP contribution in [0, 0.1) is 0 Å². The van der Waals surface area contributed by atoms with Crippen LogP contribution >= 0.6 is 11.6 Å². The van der Waals surface area contributed by atoms with E-state index in [-0.39, 0.29) is 11.8 Å². The zero-order valence-corrected chi connectivity index (χ0v) is 12.4. The Bertz CT molecular complexity index is 586. The Labute approximate surface area is 126 Å². The van der Waals surface area contributed by atoms with Crippen molar-refractivity contribution in [2.24, 2.45) is 0 Å². The molecule has 114 valence electrons. The number of benzene rings is 1. The second kappa shape index (κ2) is 6.87. The van der Waals surface area contributed by atoms with Crippen molar-refractivity contribution in [1.29, 1.82) is 0 Å². The monoisotopic (exact) mass is 315 g/mol. The van der Waals surface area contributed by atoms with Crippen molar-refractivity contribution in [3.63, 3.8) is 0 Å². The molecule has 0 saturated carbocycles. The van der Waals surface area contributed by atoms with E-state index in [2.05, 4.69) is 15.2 Å². The Hall–Kier alpha value is -1.66. The third-order valence-corrected chi connectivity index (χ3v) is 3.42. The van der Waals surface area contributed by atoms with Gasteiger partial charge in [0.25, 0.3) is 0 Å². The Morgan fingerprint density at radius 3 is 2.52 bits per heavy atom. The highest BCUT2D eigenvalue weighted by Crippen LogP contribution is 2.29. The highest BCUT2D eigenvalue weighted by molar-refractivity contribution is 6.31. The van der Waals surface area contributed by atoms with Gasteiger partial charge in [-0.25, -0.2) is 0 Å². The molecule has 1 N–H and O–H groups in total. The van der Waals surface area contributed by atoms with E-state index >= 15 is 0 Å². The second-order valence-corrected chi connectivity index (χ2v) is 4.77. The first-order valence-corrected chi connectivity index (χ1v) is 6.87. The quantitative estimate of drug-likeness (QED) is 0.887. The maximum atomic E-state index is 12.2. The van der Waals surface area contributed by atoms with Crippen LogP contribution in [-0.2, 0) is 6.54 Å². The molecule has 2 aromatic rings. The number of rotatable bonds is 6. The second-order valence-electron chi connectivity index (χ2n) is 4.36. The molecule has 1 atom stereocenters. The molecule has 0 aliphatic carbocycles. The summed E-state index contributed by atoms with van der Waals surface area (Å²) in [6.07, 6.45) is 1.60. The third-order valence-electron chi connectivity index (χ3n) is 3.13. The van der Waals surface area contributed by atoms with Crippen LogP contribution in [0.25, 0.3) is 0 Å². The molecule has 1 unspecified atom stereocenters. The number of aryl methyl sites for hydroxylation is 1. The molecule has 21 heavy (non-hydrogen) atoms. The van der Waals surface area contributed by atoms with Crippen LogP contribution in [0.3, 0.4) is 0 Å². The number of nitrogens with one attached hydrogen (secondary N) is 1. The van der Waals surface area contributed by atoms with Gasteiger partial charge in [-0.2, -0.15) is 13.9 Å². The smallest absolute Gasteiger partial charge is 0.387 e. The Kier molecular flexibility index (Phi) is 5.14. The molecule has 4 nitrogen and oxygen atoms in total. The molecule has 0 aliphatic heterocycles. The van der Waals surface area contributed by atoms with Gasteiger partial charge in [-0.15, -0.1) is 0 Å². The van der Waals surface area contributed by atoms with E-state index in [1.165, 1.54) is 12.1 Å². The van der Waals surface area contributed by atoms with Gasteiger partial charge < -0.3 is 10.1 Å². The van der Waals surface area contributed by atoms with Gasteiger partial charge in [-0.3, -0.25) is 4.68 Å². The first kappa shape index (κ1) is 15.7. The van der Waals surface area contributed by atoms with Crippen LogP contribution in [0.4, 0.5) is 8.78 Å². The van der Waals surface area contributed by atoms with E-state index in [1.54, 1.807) is 30.1 Å². The molecule has 0 radical (unpaired) electrons. The minimum Gasteiger partial charge on any atom is -0.435 e. The predicted octanol–water partition coefficient (Wildman–Crippen LogP) is 3.47. The molecule has 1 aromatic heterocycles. The summed E-state index contributed by atoms with van der Waals surface area (Å²) in [6.45, 7) is -0.168. The van der Waals surface area contributed by atoms with E-state index in [4.69, 9.17) is 11.6 Å². The van der Waals surface area contributed by atoms with E-state index in [0.717, 1.165) is 11.3 Å². The lowest BCUT2D eigenvalue weighted by Crippen LogP contribution is -2.21. The van der Waals surface area contributed by atoms with Crippen molar-refractivity contribution in [2.75, 3.05) is 7.05 Å². The number of halogens is 3. The predicted molar refractivity (Wildman–Crippen MR) is 76.9 cm³/mol. The minimum atomic E-state index is -2.83. The van der Waals surface area contributed by atoms with E-state index in [9.17, 15) is 8.78 Å². The molecule has 2 rings (SSSR count). The van der Waals surface area contributed by atoms with Gasteiger partial charge in [0.05, 0.1) is 23.0 Å². The van der Waals surface area contributed by atoms with Gasteiger partial charge in [0, 0.05) is 6.54 Å². The molecule has 1 heterocycles. The number of hydrogen-bond acceptors (Lipinski definition) is 3. The summed E-state index contributed by atoms with van der Waals surface area (Å²) < 4.78 is 30.5. The molecular formula is C14H16ClF2N3O. The number of ether oxygens (including phenoxy) is 1. The average Bonchev–Trinajstić information content (AvgIpc) is 2.82. The van der Waals surface area contributed by atoms with Gasteiger partial charge in [0.1, 0.15) is 5.75 Å². The first-order chi connectivity index (χ1) is 10.1. The zero-order valence-electron chi connectivity index (χ0n) is 11.7. The number of aromatic nitrogens is 2. The molecule has 7 heteroatoms. The molecule has 0 spiro atoms. The third kappa shape index (κ3) is 3.51. The summed E-state index contributed by atoms with van der Waals surface area (Å²) in [7, 11) is 1.80. The topological polar surface area (TPSA) is 39.1 Å². The lowest BCUT2D eigenvalue weighted by molar-refractivity contribution is -0.0498. The molecule has 0 fully saturated rings. The highest BCUT2D eigenvalue weighted by Gasteiger charge is 2.20. The van der Waals surface area contributed by atoms with Crippen LogP contribution in [0.15, 0.2) is 30.5 Å². The summed E-state index contributed by atoms with van der Waals surface area (Å²) >= 11 is 6.20. The molecule has 1 aromatic carbocycles. The van der Waals surface area contributed by atoms with Gasteiger partial charge in [0.2, 0.25) is 0 Å². The number of hydrogen-bond donors (Lipinski definition) is 1. The Morgan fingerprint density at radius 1 is 1.33 bits per heavy atom. The average molecular weight is 316 g/mol. The largest absolute Gasteiger partial charge is 0.435 e. The minimum absolute atomic E-state index is 0.124. The fourth-order valence-corrected chi connectivity index (χ4v) is 2.46. The summed E-state index contributed by atoms with van der Waals surface area (Å²) in [4.78, 5) is 0. The van der Waals surface area contributed by atoms with Gasteiger partial charge >= 0.3 is 6.61 Å². The SMILES string of the molecule is CCn1ncc(Cl)c1C(NC)c1ccc(OC(F)F)cc1. The molecule has 0 bridgehead atoms. The van der Waals surface area contributed by atoms with Crippen LogP contribution < -0.4 is 10.1 Å². The summed E-state index contributed by atoms with van der Waals surface area (Å²) in [5.41, 5.74) is 1.72. The van der Waals surface area contributed by atoms with Crippen molar-refractivity contribution in [2.45, 2.75) is 26.1 Å². The van der Waals surface area contributed by atoms with Crippen molar-refractivity contribution >= 4 is 11.6 Å². The van der Waals surface area contributed by atoms with Crippen molar-refractivity contribution in [3.8, 4) is 5.75 Å². The van der Waals surface area contributed by atoms with Gasteiger partial charge in [-0.05, 0) is 31.7 Å². The van der Waals surface area contributed by atoms with E-state index < -0.39 is 6.61 Å². The maximum Gasteiger partial charge on any atom is 0.387 e. The summed E-state index contributed by atoms with van der Waals surface area (Å²) in [5.74, 6) is 0.124. The van der Waals surface area contributed by atoms with Crippen molar-refractivity contribution < 1.29 is 13.5 Å². The standard InChI is InChI=1S/C14H16ClF2N3O/c1-3-20-13(11(15)8-19-20)12(18-2)9-4-6-10(7-5-9)21-14(16)17/h4-8,12,14,18H,3H2,1-2H3. The van der Waals surface area contributed by atoms with Crippen LogP contribution in [0.1, 0.15) is 24.2 Å². The molecule has 0 aliphatic rings. The highest BCUT2D eigenvalue weighted by atomic mass is 35.5. The molecule has 0 saturated heterocycles. The first-order valence-electron chi connectivity index (χ1n) is 6.50. The van der Waals surface area contributed by atoms with Crippen LogP contribution in [0.5, 0.6) is 5.75 Å². The molecule has 0 amide bonds. The van der Waals surface area contributed by atoms with Crippen LogP contribution in [0.2, 0.25) is 5.02 Å². The maximum absolute atomic E-state index is 12.2. The molecular weight excluding hydrogens is 300 g/mol. The van der Waals surface area contributed by atoms with Gasteiger partial charge in [0.15, 0.2) is 0 Å². The lowest BCUT2D eigenvalue weighted by Gasteiger charge is -2.19. The summed E-state index contributed by atoms with van der Waals surface area (Å²) in [6, 6.07) is 6.28. The zero-order chi connectivity index (χ0) is 15.4. The Balaban J connectivity index is 2.31. The van der Waals surface area contributed by atoms with Crippen LogP contribution in [-0.4, -0.2) is 23.4 Å². The van der Waals surface area contributed by atoms with E-state index in [0.29, 0.717) is 11.6 Å². The number of alkyl halides is 2. The fourth-order valence-electron chi connectivity index (χ4n) is 2.21. The summed E-state index contributed by atoms with van der Waals surface area (Å²) in [5, 5.41) is 7.93.